The van der Waals surface area contributed by atoms with E-state index in [4.69, 9.17) is 21.3 Å². The second-order valence-corrected chi connectivity index (χ2v) is 10.3. The third-order valence-electron chi connectivity index (χ3n) is 7.66. The molecular weight excluding hydrogens is 480 g/mol. The third-order valence-corrected chi connectivity index (χ3v) is 7.90. The lowest BCUT2D eigenvalue weighted by Gasteiger charge is -2.34. The second-order valence-electron chi connectivity index (χ2n) is 9.83. The highest BCUT2D eigenvalue weighted by Gasteiger charge is 2.35. The topological polar surface area (TPSA) is 87.9 Å². The van der Waals surface area contributed by atoms with E-state index in [9.17, 15) is 14.7 Å². The minimum atomic E-state index is -0.742. The van der Waals surface area contributed by atoms with Gasteiger partial charge in [-0.2, -0.15) is 0 Å². The molecule has 0 radical (unpaired) electrons. The van der Waals surface area contributed by atoms with Gasteiger partial charge in [0.25, 0.3) is 0 Å². The molecule has 1 aromatic heterocycles. The molecule has 1 aliphatic heterocycles. The van der Waals surface area contributed by atoms with Gasteiger partial charge in [-0.25, -0.2) is 9.78 Å². The van der Waals surface area contributed by atoms with E-state index < -0.39 is 5.97 Å². The fourth-order valence-corrected chi connectivity index (χ4v) is 5.97. The van der Waals surface area contributed by atoms with Crippen LogP contribution in [0.1, 0.15) is 50.6 Å². The van der Waals surface area contributed by atoms with Crippen molar-refractivity contribution in [1.29, 1.82) is 0 Å². The van der Waals surface area contributed by atoms with Gasteiger partial charge in [-0.15, -0.1) is 0 Å². The van der Waals surface area contributed by atoms with Crippen LogP contribution < -0.4 is 9.80 Å². The number of aromatic nitrogens is 2. The van der Waals surface area contributed by atoms with E-state index in [1.54, 1.807) is 4.90 Å². The lowest BCUT2D eigenvalue weighted by Crippen LogP contribution is -2.42. The van der Waals surface area contributed by atoms with Crippen LogP contribution in [-0.4, -0.2) is 46.9 Å². The molecule has 9 heteroatoms. The Morgan fingerprint density at radius 3 is 2.72 bits per heavy atom. The van der Waals surface area contributed by atoms with Gasteiger partial charge in [0, 0.05) is 35.4 Å². The maximum atomic E-state index is 12.6. The van der Waals surface area contributed by atoms with Crippen molar-refractivity contribution in [3.05, 3.63) is 47.0 Å². The number of imidazole rings is 1. The Balaban J connectivity index is 1.70. The number of fused-ring (bicyclic) bond motifs is 3. The van der Waals surface area contributed by atoms with Gasteiger partial charge >= 0.3 is 12.1 Å². The first-order valence-corrected chi connectivity index (χ1v) is 12.8. The third kappa shape index (κ3) is 4.17. The quantitative estimate of drug-likeness (QED) is 0.451. The number of methoxy groups -OCH3 is 1. The van der Waals surface area contributed by atoms with Crippen molar-refractivity contribution >= 4 is 52.0 Å². The molecule has 2 heterocycles. The summed E-state index contributed by atoms with van der Waals surface area (Å²) in [4.78, 5) is 33.3. The maximum Gasteiger partial charge on any atom is 0.414 e. The number of aryl methyl sites for hydroxylation is 1. The number of rotatable bonds is 4. The number of carbonyl (C=O) groups is 2. The van der Waals surface area contributed by atoms with E-state index in [1.165, 1.54) is 7.11 Å². The van der Waals surface area contributed by atoms with Gasteiger partial charge in [0.15, 0.2) is 0 Å². The second kappa shape index (κ2) is 9.65. The van der Waals surface area contributed by atoms with Crippen LogP contribution in [0.5, 0.6) is 0 Å². The normalized spacial score (nSPS) is 21.8. The molecule has 0 spiro atoms. The summed E-state index contributed by atoms with van der Waals surface area (Å²) in [6.45, 7) is 2.02. The zero-order valence-electron chi connectivity index (χ0n) is 20.8. The van der Waals surface area contributed by atoms with Crippen molar-refractivity contribution in [1.82, 2.24) is 9.55 Å². The predicted molar refractivity (Wildman–Crippen MR) is 141 cm³/mol. The van der Waals surface area contributed by atoms with Gasteiger partial charge in [-0.3, -0.25) is 9.69 Å². The van der Waals surface area contributed by atoms with Crippen molar-refractivity contribution in [2.24, 2.45) is 5.92 Å². The highest BCUT2D eigenvalue weighted by Crippen LogP contribution is 2.43. The lowest BCUT2D eigenvalue weighted by atomic mass is 9.85. The van der Waals surface area contributed by atoms with Gasteiger partial charge in [-0.1, -0.05) is 24.1 Å². The van der Waals surface area contributed by atoms with Crippen molar-refractivity contribution in [3.8, 4) is 0 Å². The summed E-state index contributed by atoms with van der Waals surface area (Å²) in [6, 6.07) is 11.6. The van der Waals surface area contributed by atoms with Crippen LogP contribution >= 0.6 is 11.6 Å². The van der Waals surface area contributed by atoms with Crippen molar-refractivity contribution in [2.45, 2.75) is 57.5 Å². The number of ether oxygens (including phenoxy) is 1. The van der Waals surface area contributed by atoms with E-state index >= 15 is 0 Å². The molecule has 1 aliphatic carbocycles. The molecule has 36 heavy (non-hydrogen) atoms. The number of benzene rings is 2. The minimum absolute atomic E-state index is 0.00115. The predicted octanol–water partition coefficient (Wildman–Crippen LogP) is 6.18. The van der Waals surface area contributed by atoms with Crippen LogP contribution in [0.3, 0.4) is 0 Å². The summed E-state index contributed by atoms with van der Waals surface area (Å²) < 4.78 is 7.28. The molecule has 3 aromatic rings. The van der Waals surface area contributed by atoms with E-state index in [-0.39, 0.29) is 24.1 Å². The maximum absolute atomic E-state index is 12.6. The minimum Gasteiger partial charge on any atom is -0.481 e. The van der Waals surface area contributed by atoms with Crippen LogP contribution in [0.4, 0.5) is 22.1 Å². The van der Waals surface area contributed by atoms with Gasteiger partial charge in [-0.05, 0) is 69.4 Å². The number of carbonyl (C=O) groups excluding carboxylic acids is 1. The first kappa shape index (κ1) is 24.4. The Labute approximate surface area is 215 Å². The first-order valence-electron chi connectivity index (χ1n) is 12.4. The number of carboxylic acid groups (broad SMARTS) is 1. The zero-order chi connectivity index (χ0) is 25.6. The van der Waals surface area contributed by atoms with Crippen molar-refractivity contribution < 1.29 is 19.4 Å². The molecule has 8 nitrogen and oxygen atoms in total. The number of hydrogen-bond donors (Lipinski definition) is 1. The molecule has 5 rings (SSSR count). The van der Waals surface area contributed by atoms with E-state index in [2.05, 4.69) is 4.57 Å². The molecule has 1 N–H and O–H groups in total. The summed E-state index contributed by atoms with van der Waals surface area (Å²) in [7, 11) is 3.35. The molecule has 1 amide bonds. The largest absolute Gasteiger partial charge is 0.481 e. The molecule has 1 unspecified atom stereocenters. The number of hydrogen-bond acceptors (Lipinski definition) is 5. The fraction of sp³-hybridized carbons (Fsp3) is 0.444. The van der Waals surface area contributed by atoms with Crippen LogP contribution in [0.15, 0.2) is 36.4 Å². The number of halogens is 1. The molecule has 1 saturated carbocycles. The molecule has 3 atom stereocenters. The molecule has 2 aromatic carbocycles. The fourth-order valence-electron chi connectivity index (χ4n) is 5.78. The Bertz CT molecular complexity index is 1320. The molecule has 1 fully saturated rings. The average Bonchev–Trinajstić information content (AvgIpc) is 3.27. The molecule has 190 valence electrons. The van der Waals surface area contributed by atoms with E-state index in [0.717, 1.165) is 59.6 Å². The van der Waals surface area contributed by atoms with Crippen LogP contribution in [0.25, 0.3) is 11.0 Å². The highest BCUT2D eigenvalue weighted by atomic mass is 35.5. The molecule has 0 bridgehead atoms. The molecule has 0 saturated heterocycles. The Kier molecular flexibility index (Phi) is 6.55. The zero-order valence-corrected chi connectivity index (χ0v) is 21.5. The van der Waals surface area contributed by atoms with Crippen LogP contribution in [0.2, 0.25) is 5.02 Å². The standard InChI is InChI=1S/C27H31ClN4O4/c1-16-10-11-21-22(31(16)27(35)36-3)12-13-23-24(21)29-26(30(2)19-8-5-7-18(28)15-19)32(23)20-9-4-6-17(14-20)25(33)34/h5,7-8,12-13,15-17,20H,4,6,9-11,14H2,1-3H3,(H,33,34)/t16?,17-,20-/m1/s1. The number of nitrogens with zero attached hydrogens (tertiary/aromatic N) is 4. The Hall–Kier alpha value is -3.26. The summed E-state index contributed by atoms with van der Waals surface area (Å²) in [5.74, 6) is -0.382. The SMILES string of the molecule is COC(=O)N1c2ccc3c(nc(N(C)c4cccc(Cl)c4)n3[C@@H]3CCC[C@@H](C(=O)O)C3)c2CCC1C. The summed E-state index contributed by atoms with van der Waals surface area (Å²) >= 11 is 6.30. The monoisotopic (exact) mass is 510 g/mol. The van der Waals surface area contributed by atoms with E-state index in [0.29, 0.717) is 17.9 Å². The first-order chi connectivity index (χ1) is 17.3. The smallest absolute Gasteiger partial charge is 0.414 e. The van der Waals surface area contributed by atoms with Gasteiger partial charge in [0.05, 0.1) is 29.7 Å². The lowest BCUT2D eigenvalue weighted by molar-refractivity contribution is -0.143. The Morgan fingerprint density at radius 2 is 2.00 bits per heavy atom. The Morgan fingerprint density at radius 1 is 1.19 bits per heavy atom. The van der Waals surface area contributed by atoms with Crippen molar-refractivity contribution in [3.63, 3.8) is 0 Å². The molecular formula is C27H31ClN4O4. The van der Waals surface area contributed by atoms with Gasteiger partial charge in [0.1, 0.15) is 0 Å². The van der Waals surface area contributed by atoms with Gasteiger partial charge in [0.2, 0.25) is 5.95 Å². The van der Waals surface area contributed by atoms with Crippen LogP contribution in [-0.2, 0) is 16.0 Å². The van der Waals surface area contributed by atoms with Crippen LogP contribution in [0, 0.1) is 5.92 Å². The number of anilines is 3. The highest BCUT2D eigenvalue weighted by molar-refractivity contribution is 6.30. The molecule has 2 aliphatic rings. The van der Waals surface area contributed by atoms with Gasteiger partial charge < -0.3 is 19.3 Å². The number of carboxylic acids is 1. The summed E-state index contributed by atoms with van der Waals surface area (Å²) in [6.07, 6.45) is 4.20. The average molecular weight is 511 g/mol. The van der Waals surface area contributed by atoms with E-state index in [1.807, 2.05) is 55.3 Å². The summed E-state index contributed by atoms with van der Waals surface area (Å²) in [5, 5.41) is 10.4. The number of amides is 1. The number of aliphatic carboxylic acids is 1. The summed E-state index contributed by atoms with van der Waals surface area (Å²) in [5.41, 5.74) is 4.52. The van der Waals surface area contributed by atoms with Crippen molar-refractivity contribution in [2.75, 3.05) is 24.0 Å².